The molecule has 0 radical (unpaired) electrons. The second-order valence-corrected chi connectivity index (χ2v) is 11.7. The molecule has 0 amide bonds. The monoisotopic (exact) mass is 613 g/mol. The second-order valence-electron chi connectivity index (χ2n) is 11.7. The highest BCUT2D eigenvalue weighted by Gasteiger charge is 2.15. The Balaban J connectivity index is 1.16. The van der Waals surface area contributed by atoms with Crippen LogP contribution in [-0.2, 0) is 0 Å². The third kappa shape index (κ3) is 4.95. The molecular weight excluding hydrogens is 587 g/mol. The van der Waals surface area contributed by atoms with Gasteiger partial charge < -0.3 is 0 Å². The fourth-order valence-corrected chi connectivity index (χ4v) is 6.45. The van der Waals surface area contributed by atoms with Crippen molar-refractivity contribution in [1.82, 2.24) is 24.9 Å². The first-order valence-corrected chi connectivity index (χ1v) is 15.9. The van der Waals surface area contributed by atoms with Gasteiger partial charge in [-0.25, -0.2) is 15.0 Å². The Morgan fingerprint density at radius 1 is 0.292 bits per heavy atom. The molecule has 224 valence electrons. The van der Waals surface area contributed by atoms with E-state index >= 15 is 0 Å². The van der Waals surface area contributed by atoms with Crippen LogP contribution >= 0.6 is 0 Å². The number of nitrogens with zero attached hydrogens (tertiary/aromatic N) is 5. The maximum Gasteiger partial charge on any atom is 0.164 e. The lowest BCUT2D eigenvalue weighted by Crippen LogP contribution is -2.00. The van der Waals surface area contributed by atoms with Gasteiger partial charge in [0, 0.05) is 51.0 Å². The van der Waals surface area contributed by atoms with Gasteiger partial charge in [0.2, 0.25) is 0 Å². The largest absolute Gasteiger partial charge is 0.256 e. The van der Waals surface area contributed by atoms with E-state index in [4.69, 9.17) is 15.0 Å². The summed E-state index contributed by atoms with van der Waals surface area (Å²) in [6.07, 6.45) is 3.68. The second kappa shape index (κ2) is 11.6. The molecule has 5 heteroatoms. The molecule has 3 heterocycles. The average molecular weight is 614 g/mol. The standard InChI is InChI=1S/C43H27N5/c1-2-14-35-28(8-1)9-3-17-38(35)43-47-41(33-22-18-29(19-23-33)36-15-4-10-31-12-6-26-44-39(31)36)46-42(48-43)34-24-20-30(21-25-34)37-16-5-11-32-13-7-27-45-40(32)37/h1-27H. The molecule has 0 unspecified atom stereocenters. The minimum absolute atomic E-state index is 0.618. The zero-order valence-electron chi connectivity index (χ0n) is 25.8. The number of hydrogen-bond donors (Lipinski definition) is 0. The molecule has 9 rings (SSSR count). The molecule has 0 saturated heterocycles. The fraction of sp³-hybridized carbons (Fsp3) is 0. The first kappa shape index (κ1) is 27.7. The van der Waals surface area contributed by atoms with E-state index in [1.165, 1.54) is 0 Å². The third-order valence-corrected chi connectivity index (χ3v) is 8.84. The highest BCUT2D eigenvalue weighted by Crippen LogP contribution is 2.33. The van der Waals surface area contributed by atoms with Crippen LogP contribution in [0.4, 0.5) is 0 Å². The molecule has 0 bridgehead atoms. The van der Waals surface area contributed by atoms with Crippen molar-refractivity contribution in [3.8, 4) is 56.4 Å². The topological polar surface area (TPSA) is 64.5 Å². The SMILES string of the molecule is c1ccc2c(-c3nc(-c4ccc(-c5cccc6cccnc56)cc4)nc(-c4ccc(-c5cccc6cccnc56)cc4)n3)cccc2c1. The van der Waals surface area contributed by atoms with Crippen molar-refractivity contribution < 1.29 is 0 Å². The van der Waals surface area contributed by atoms with Crippen molar-refractivity contribution in [1.29, 1.82) is 0 Å². The van der Waals surface area contributed by atoms with Crippen LogP contribution in [0.25, 0.3) is 89.0 Å². The number of rotatable bonds is 5. The molecule has 6 aromatic carbocycles. The summed E-state index contributed by atoms with van der Waals surface area (Å²) in [5.41, 5.74) is 9.12. The van der Waals surface area contributed by atoms with E-state index in [2.05, 4.69) is 149 Å². The van der Waals surface area contributed by atoms with Crippen LogP contribution < -0.4 is 0 Å². The molecule has 0 spiro atoms. The van der Waals surface area contributed by atoms with E-state index in [9.17, 15) is 0 Å². The van der Waals surface area contributed by atoms with E-state index in [-0.39, 0.29) is 0 Å². The van der Waals surface area contributed by atoms with Crippen LogP contribution in [0.5, 0.6) is 0 Å². The molecule has 0 aliphatic rings. The van der Waals surface area contributed by atoms with E-state index < -0.39 is 0 Å². The maximum atomic E-state index is 5.06. The summed E-state index contributed by atoms with van der Waals surface area (Å²) >= 11 is 0. The lowest BCUT2D eigenvalue weighted by Gasteiger charge is -2.12. The highest BCUT2D eigenvalue weighted by molar-refractivity contribution is 5.96. The van der Waals surface area contributed by atoms with E-state index in [1.807, 2.05) is 24.5 Å². The summed E-state index contributed by atoms with van der Waals surface area (Å²) in [7, 11) is 0. The first-order valence-electron chi connectivity index (χ1n) is 15.9. The van der Waals surface area contributed by atoms with Crippen molar-refractivity contribution in [3.05, 3.63) is 164 Å². The summed E-state index contributed by atoms with van der Waals surface area (Å²) < 4.78 is 0. The fourth-order valence-electron chi connectivity index (χ4n) is 6.45. The summed E-state index contributed by atoms with van der Waals surface area (Å²) in [6, 6.07) is 52.1. The minimum atomic E-state index is 0.618. The van der Waals surface area contributed by atoms with Gasteiger partial charge in [-0.05, 0) is 34.0 Å². The molecule has 48 heavy (non-hydrogen) atoms. The molecule has 0 fully saturated rings. The van der Waals surface area contributed by atoms with Crippen molar-refractivity contribution >= 4 is 32.6 Å². The van der Waals surface area contributed by atoms with Gasteiger partial charge in [-0.3, -0.25) is 9.97 Å². The van der Waals surface area contributed by atoms with Gasteiger partial charge >= 0.3 is 0 Å². The van der Waals surface area contributed by atoms with Crippen LogP contribution in [0.3, 0.4) is 0 Å². The van der Waals surface area contributed by atoms with Crippen molar-refractivity contribution in [2.45, 2.75) is 0 Å². The Morgan fingerprint density at radius 2 is 0.708 bits per heavy atom. The van der Waals surface area contributed by atoms with Crippen LogP contribution in [0.1, 0.15) is 0 Å². The van der Waals surface area contributed by atoms with Gasteiger partial charge in [0.05, 0.1) is 11.0 Å². The normalized spacial score (nSPS) is 11.3. The number of para-hydroxylation sites is 2. The van der Waals surface area contributed by atoms with Crippen molar-refractivity contribution in [2.75, 3.05) is 0 Å². The van der Waals surface area contributed by atoms with E-state index in [1.54, 1.807) is 0 Å². The first-order chi connectivity index (χ1) is 23.8. The number of benzene rings is 6. The Labute approximate surface area is 277 Å². The molecule has 0 N–H and O–H groups in total. The summed E-state index contributed by atoms with van der Waals surface area (Å²) in [6.45, 7) is 0. The zero-order valence-corrected chi connectivity index (χ0v) is 25.8. The van der Waals surface area contributed by atoms with Gasteiger partial charge in [-0.15, -0.1) is 0 Å². The summed E-state index contributed by atoms with van der Waals surface area (Å²) in [5, 5.41) is 4.47. The molecular formula is C43H27N5. The van der Waals surface area contributed by atoms with Gasteiger partial charge in [0.15, 0.2) is 17.5 Å². The van der Waals surface area contributed by atoms with Gasteiger partial charge in [-0.1, -0.05) is 140 Å². The van der Waals surface area contributed by atoms with E-state index in [0.717, 1.165) is 71.5 Å². The molecule has 0 atom stereocenters. The highest BCUT2D eigenvalue weighted by atomic mass is 15.0. The smallest absolute Gasteiger partial charge is 0.164 e. The predicted molar refractivity (Wildman–Crippen MR) is 195 cm³/mol. The average Bonchev–Trinajstić information content (AvgIpc) is 3.17. The Kier molecular flexibility index (Phi) is 6.72. The van der Waals surface area contributed by atoms with Crippen LogP contribution in [0.2, 0.25) is 0 Å². The zero-order chi connectivity index (χ0) is 31.9. The van der Waals surface area contributed by atoms with Crippen LogP contribution in [-0.4, -0.2) is 24.9 Å². The minimum Gasteiger partial charge on any atom is -0.256 e. The number of pyridine rings is 2. The summed E-state index contributed by atoms with van der Waals surface area (Å²) in [4.78, 5) is 24.5. The number of aromatic nitrogens is 5. The number of hydrogen-bond acceptors (Lipinski definition) is 5. The molecule has 0 saturated carbocycles. The quantitative estimate of drug-likeness (QED) is 0.193. The van der Waals surface area contributed by atoms with Gasteiger partial charge in [0.1, 0.15) is 0 Å². The lowest BCUT2D eigenvalue weighted by molar-refractivity contribution is 1.08. The number of fused-ring (bicyclic) bond motifs is 3. The lowest BCUT2D eigenvalue weighted by atomic mass is 10.00. The molecule has 3 aromatic heterocycles. The Bertz CT molecular complexity index is 2450. The molecule has 0 aliphatic carbocycles. The van der Waals surface area contributed by atoms with Crippen molar-refractivity contribution in [2.24, 2.45) is 0 Å². The molecule has 9 aromatic rings. The van der Waals surface area contributed by atoms with Crippen molar-refractivity contribution in [3.63, 3.8) is 0 Å². The predicted octanol–water partition coefficient (Wildman–Crippen LogP) is 10.5. The Morgan fingerprint density at radius 3 is 1.27 bits per heavy atom. The Hall–Kier alpha value is -6.59. The maximum absolute atomic E-state index is 5.06. The van der Waals surface area contributed by atoms with Gasteiger partial charge in [-0.2, -0.15) is 0 Å². The third-order valence-electron chi connectivity index (χ3n) is 8.84. The summed E-state index contributed by atoms with van der Waals surface area (Å²) in [5.74, 6) is 1.87. The van der Waals surface area contributed by atoms with Crippen LogP contribution in [0.15, 0.2) is 164 Å². The molecule has 5 nitrogen and oxygen atoms in total. The molecule has 0 aliphatic heterocycles. The van der Waals surface area contributed by atoms with E-state index in [0.29, 0.717) is 17.5 Å². The van der Waals surface area contributed by atoms with Gasteiger partial charge in [0.25, 0.3) is 0 Å². The van der Waals surface area contributed by atoms with Crippen LogP contribution in [0, 0.1) is 0 Å².